The minimum atomic E-state index is -0.408. The van der Waals surface area contributed by atoms with Gasteiger partial charge in [0.1, 0.15) is 5.02 Å². The van der Waals surface area contributed by atoms with E-state index in [1.807, 2.05) is 30.5 Å². The highest BCUT2D eigenvalue weighted by molar-refractivity contribution is 7.98. The SMILES string of the molecule is CSCCNc1cnn(-c2nc3ccccc3[nH]2)c(=O)c1Cl. The van der Waals surface area contributed by atoms with Crippen molar-refractivity contribution in [1.82, 2.24) is 19.7 Å². The molecule has 0 saturated heterocycles. The summed E-state index contributed by atoms with van der Waals surface area (Å²) in [6.07, 6.45) is 3.55. The molecule has 0 unspecified atom stereocenters. The monoisotopic (exact) mass is 335 g/mol. The summed E-state index contributed by atoms with van der Waals surface area (Å²) in [4.78, 5) is 19.8. The van der Waals surface area contributed by atoms with Crippen LogP contribution in [0.25, 0.3) is 17.0 Å². The fourth-order valence-corrected chi connectivity index (χ4v) is 2.54. The van der Waals surface area contributed by atoms with Gasteiger partial charge in [0.05, 0.1) is 22.9 Å². The first-order chi connectivity index (χ1) is 10.7. The van der Waals surface area contributed by atoms with E-state index < -0.39 is 5.56 Å². The summed E-state index contributed by atoms with van der Waals surface area (Å²) >= 11 is 7.85. The number of imidazole rings is 1. The zero-order chi connectivity index (χ0) is 15.5. The molecule has 0 atom stereocenters. The lowest BCUT2D eigenvalue weighted by atomic mass is 10.3. The molecule has 0 fully saturated rings. The maximum Gasteiger partial charge on any atom is 0.295 e. The third-order valence-corrected chi connectivity index (χ3v) is 4.10. The number of hydrogen-bond acceptors (Lipinski definition) is 5. The molecule has 1 aromatic carbocycles. The van der Waals surface area contributed by atoms with Gasteiger partial charge < -0.3 is 10.3 Å². The number of para-hydroxylation sites is 2. The van der Waals surface area contributed by atoms with Gasteiger partial charge in [-0.25, -0.2) is 4.98 Å². The maximum absolute atomic E-state index is 12.4. The van der Waals surface area contributed by atoms with Gasteiger partial charge in [-0.2, -0.15) is 21.5 Å². The van der Waals surface area contributed by atoms with E-state index in [0.29, 0.717) is 11.6 Å². The van der Waals surface area contributed by atoms with Gasteiger partial charge >= 0.3 is 0 Å². The van der Waals surface area contributed by atoms with Crippen molar-refractivity contribution in [1.29, 1.82) is 0 Å². The molecule has 2 N–H and O–H groups in total. The van der Waals surface area contributed by atoms with Crippen molar-refractivity contribution >= 4 is 40.1 Å². The van der Waals surface area contributed by atoms with Gasteiger partial charge in [0.15, 0.2) is 0 Å². The molecule has 0 radical (unpaired) electrons. The van der Waals surface area contributed by atoms with E-state index in [1.54, 1.807) is 11.8 Å². The Labute approximate surface area is 135 Å². The predicted octanol–water partition coefficient (Wildman–Crippen LogP) is 2.54. The summed E-state index contributed by atoms with van der Waals surface area (Å²) in [6, 6.07) is 7.53. The summed E-state index contributed by atoms with van der Waals surface area (Å²) in [5.41, 5.74) is 1.73. The highest BCUT2D eigenvalue weighted by Crippen LogP contribution is 2.17. The van der Waals surface area contributed by atoms with Crippen LogP contribution in [0.3, 0.4) is 0 Å². The second kappa shape index (κ2) is 6.41. The highest BCUT2D eigenvalue weighted by atomic mass is 35.5. The zero-order valence-electron chi connectivity index (χ0n) is 11.8. The molecule has 0 aliphatic rings. The summed E-state index contributed by atoms with van der Waals surface area (Å²) < 4.78 is 1.17. The fraction of sp³-hybridized carbons (Fsp3) is 0.214. The van der Waals surface area contributed by atoms with Crippen molar-refractivity contribution in [2.75, 3.05) is 23.9 Å². The van der Waals surface area contributed by atoms with Crippen LogP contribution in [0.5, 0.6) is 0 Å². The van der Waals surface area contributed by atoms with Crippen LogP contribution >= 0.6 is 23.4 Å². The van der Waals surface area contributed by atoms with Gasteiger partial charge in [-0.15, -0.1) is 0 Å². The molecule has 8 heteroatoms. The molecule has 2 aromatic heterocycles. The number of rotatable bonds is 5. The summed E-state index contributed by atoms with van der Waals surface area (Å²) in [5.74, 6) is 1.27. The van der Waals surface area contributed by atoms with Crippen LogP contribution in [-0.2, 0) is 0 Å². The first-order valence-electron chi connectivity index (χ1n) is 6.66. The molecule has 3 rings (SSSR count). The number of anilines is 1. The molecule has 2 heterocycles. The summed E-state index contributed by atoms with van der Waals surface area (Å²) in [5, 5.41) is 7.35. The first-order valence-corrected chi connectivity index (χ1v) is 8.43. The molecule has 3 aromatic rings. The first kappa shape index (κ1) is 14.9. The number of halogens is 1. The van der Waals surface area contributed by atoms with Crippen LogP contribution in [0.4, 0.5) is 5.69 Å². The zero-order valence-corrected chi connectivity index (χ0v) is 13.4. The summed E-state index contributed by atoms with van der Waals surface area (Å²) in [6.45, 7) is 0.719. The lowest BCUT2D eigenvalue weighted by molar-refractivity contribution is 0.767. The van der Waals surface area contributed by atoms with Crippen LogP contribution in [0, 0.1) is 0 Å². The average molecular weight is 336 g/mol. The van der Waals surface area contributed by atoms with Crippen molar-refractivity contribution in [2.45, 2.75) is 0 Å². The van der Waals surface area contributed by atoms with Gasteiger partial charge in [-0.05, 0) is 18.4 Å². The van der Waals surface area contributed by atoms with E-state index in [0.717, 1.165) is 23.3 Å². The largest absolute Gasteiger partial charge is 0.382 e. The number of nitrogens with zero attached hydrogens (tertiary/aromatic N) is 3. The fourth-order valence-electron chi connectivity index (χ4n) is 2.03. The average Bonchev–Trinajstić information content (AvgIpc) is 2.95. The molecule has 0 amide bonds. The van der Waals surface area contributed by atoms with Gasteiger partial charge in [0, 0.05) is 12.3 Å². The van der Waals surface area contributed by atoms with Crippen LogP contribution in [0.1, 0.15) is 0 Å². The minimum absolute atomic E-state index is 0.108. The van der Waals surface area contributed by atoms with Gasteiger partial charge in [-0.3, -0.25) is 4.79 Å². The maximum atomic E-state index is 12.4. The molecular formula is C14H14ClN5OS. The highest BCUT2D eigenvalue weighted by Gasteiger charge is 2.13. The standard InChI is InChI=1S/C14H14ClN5OS/c1-22-7-6-16-11-8-17-20(13(21)12(11)15)14-18-9-4-2-3-5-10(9)19-14/h2-5,8,16H,6-7H2,1H3,(H,18,19). The Morgan fingerprint density at radius 2 is 2.23 bits per heavy atom. The van der Waals surface area contributed by atoms with Crippen molar-refractivity contribution in [3.63, 3.8) is 0 Å². The molecule has 22 heavy (non-hydrogen) atoms. The van der Waals surface area contributed by atoms with Gasteiger partial charge in [0.25, 0.3) is 5.56 Å². The van der Waals surface area contributed by atoms with Crippen LogP contribution in [0.15, 0.2) is 35.3 Å². The van der Waals surface area contributed by atoms with E-state index in [-0.39, 0.29) is 5.02 Å². The van der Waals surface area contributed by atoms with Crippen molar-refractivity contribution < 1.29 is 0 Å². The van der Waals surface area contributed by atoms with E-state index in [9.17, 15) is 4.79 Å². The Kier molecular flexibility index (Phi) is 4.35. The van der Waals surface area contributed by atoms with Crippen LogP contribution in [0.2, 0.25) is 5.02 Å². The Hall–Kier alpha value is -1.99. The minimum Gasteiger partial charge on any atom is -0.382 e. The van der Waals surface area contributed by atoms with Gasteiger partial charge in [-0.1, -0.05) is 23.7 Å². The molecule has 0 saturated carbocycles. The number of benzene rings is 1. The Balaban J connectivity index is 1.97. The predicted molar refractivity (Wildman–Crippen MR) is 91.4 cm³/mol. The van der Waals surface area contributed by atoms with Crippen LogP contribution < -0.4 is 10.9 Å². The Morgan fingerprint density at radius 3 is 3.00 bits per heavy atom. The van der Waals surface area contributed by atoms with E-state index >= 15 is 0 Å². The third kappa shape index (κ3) is 2.82. The van der Waals surface area contributed by atoms with Crippen LogP contribution in [-0.4, -0.2) is 38.3 Å². The Morgan fingerprint density at radius 1 is 1.41 bits per heavy atom. The smallest absolute Gasteiger partial charge is 0.295 e. The number of hydrogen-bond donors (Lipinski definition) is 2. The topological polar surface area (TPSA) is 75.6 Å². The number of H-pyrrole nitrogens is 1. The number of aromatic nitrogens is 4. The van der Waals surface area contributed by atoms with Crippen molar-refractivity contribution in [3.8, 4) is 5.95 Å². The van der Waals surface area contributed by atoms with E-state index in [4.69, 9.17) is 11.6 Å². The van der Waals surface area contributed by atoms with E-state index in [2.05, 4.69) is 20.4 Å². The lowest BCUT2D eigenvalue weighted by Crippen LogP contribution is -2.24. The molecule has 0 spiro atoms. The molecular weight excluding hydrogens is 322 g/mol. The number of thioether (sulfide) groups is 1. The van der Waals surface area contributed by atoms with Gasteiger partial charge in [0.2, 0.25) is 5.95 Å². The second-order valence-electron chi connectivity index (χ2n) is 4.59. The Bertz CT molecular complexity index is 827. The van der Waals surface area contributed by atoms with E-state index in [1.165, 1.54) is 10.9 Å². The molecule has 0 aliphatic heterocycles. The normalized spacial score (nSPS) is 11.0. The summed E-state index contributed by atoms with van der Waals surface area (Å²) in [7, 11) is 0. The molecule has 0 aliphatic carbocycles. The third-order valence-electron chi connectivity index (χ3n) is 3.12. The molecule has 114 valence electrons. The lowest BCUT2D eigenvalue weighted by Gasteiger charge is -2.08. The number of fused-ring (bicyclic) bond motifs is 1. The number of nitrogens with one attached hydrogen (secondary N) is 2. The molecule has 6 nitrogen and oxygen atoms in total. The van der Waals surface area contributed by atoms with Crippen molar-refractivity contribution in [3.05, 3.63) is 45.8 Å². The molecule has 0 bridgehead atoms. The second-order valence-corrected chi connectivity index (χ2v) is 5.95. The van der Waals surface area contributed by atoms with Crippen molar-refractivity contribution in [2.24, 2.45) is 0 Å². The number of aromatic amines is 1. The quantitative estimate of drug-likeness (QED) is 0.701.